The Kier molecular flexibility index (Phi) is 3.50. The van der Waals surface area contributed by atoms with E-state index in [1.165, 1.54) is 36.8 Å². The Bertz CT molecular complexity index is 343. The van der Waals surface area contributed by atoms with Crippen molar-refractivity contribution in [2.45, 2.75) is 50.3 Å². The first-order valence-electron chi connectivity index (χ1n) is 5.89. The number of halogens is 1. The highest BCUT2D eigenvalue weighted by molar-refractivity contribution is 9.09. The van der Waals surface area contributed by atoms with Gasteiger partial charge in [0.2, 0.25) is 0 Å². The van der Waals surface area contributed by atoms with E-state index in [2.05, 4.69) is 48.0 Å². The van der Waals surface area contributed by atoms with Crippen molar-refractivity contribution in [3.8, 4) is 0 Å². The van der Waals surface area contributed by atoms with Gasteiger partial charge in [0.15, 0.2) is 0 Å². The predicted molar refractivity (Wildman–Crippen MR) is 69.8 cm³/mol. The molecule has 0 radical (unpaired) electrons. The smallest absolute Gasteiger partial charge is 0.0214 e. The summed E-state index contributed by atoms with van der Waals surface area (Å²) in [4.78, 5) is 0.687. The van der Waals surface area contributed by atoms with Crippen LogP contribution in [0.5, 0.6) is 0 Å². The van der Waals surface area contributed by atoms with Gasteiger partial charge in [-0.3, -0.25) is 0 Å². The molecule has 1 aromatic rings. The fraction of sp³-hybridized carbons (Fsp3) is 0.571. The van der Waals surface area contributed by atoms with Gasteiger partial charge in [-0.2, -0.15) is 0 Å². The molecule has 2 rings (SSSR count). The first-order valence-corrected chi connectivity index (χ1v) is 6.81. The molecule has 15 heavy (non-hydrogen) atoms. The third-order valence-electron chi connectivity index (χ3n) is 3.52. The maximum Gasteiger partial charge on any atom is 0.0214 e. The second-order valence-corrected chi connectivity index (χ2v) is 5.94. The molecule has 1 aliphatic carbocycles. The van der Waals surface area contributed by atoms with Crippen molar-refractivity contribution in [3.05, 3.63) is 34.9 Å². The third kappa shape index (κ3) is 2.44. The topological polar surface area (TPSA) is 0 Å². The highest BCUT2D eigenvalue weighted by atomic mass is 79.9. The Hall–Kier alpha value is -0.300. The van der Waals surface area contributed by atoms with Crippen LogP contribution in [0.3, 0.4) is 0 Å². The van der Waals surface area contributed by atoms with Crippen LogP contribution in [0.15, 0.2) is 18.2 Å². The predicted octanol–water partition coefficient (Wildman–Crippen LogP) is 4.72. The van der Waals surface area contributed by atoms with Crippen molar-refractivity contribution in [2.75, 3.05) is 0 Å². The zero-order valence-electron chi connectivity index (χ0n) is 9.59. The van der Waals surface area contributed by atoms with Gasteiger partial charge in [-0.15, -0.1) is 0 Å². The van der Waals surface area contributed by atoms with Gasteiger partial charge in [0.05, 0.1) is 0 Å². The van der Waals surface area contributed by atoms with E-state index < -0.39 is 0 Å². The van der Waals surface area contributed by atoms with E-state index in [-0.39, 0.29) is 0 Å². The van der Waals surface area contributed by atoms with Crippen LogP contribution in [-0.4, -0.2) is 4.83 Å². The number of hydrogen-bond donors (Lipinski definition) is 0. The van der Waals surface area contributed by atoms with Gasteiger partial charge >= 0.3 is 0 Å². The van der Waals surface area contributed by atoms with E-state index in [9.17, 15) is 0 Å². The van der Waals surface area contributed by atoms with Gasteiger partial charge in [0.25, 0.3) is 0 Å². The molecule has 1 aromatic carbocycles. The normalized spacial score (nSPS) is 26.6. The van der Waals surface area contributed by atoms with Crippen LogP contribution >= 0.6 is 15.9 Å². The first kappa shape index (κ1) is 11.2. The molecule has 1 fully saturated rings. The molecule has 0 aliphatic heterocycles. The van der Waals surface area contributed by atoms with Crippen LogP contribution in [0, 0.1) is 13.8 Å². The van der Waals surface area contributed by atoms with Crippen LogP contribution in [-0.2, 0) is 0 Å². The van der Waals surface area contributed by atoms with Gasteiger partial charge in [-0.1, -0.05) is 52.5 Å². The quantitative estimate of drug-likeness (QED) is 0.645. The highest BCUT2D eigenvalue weighted by Gasteiger charge is 2.25. The lowest BCUT2D eigenvalue weighted by atomic mass is 9.82. The van der Waals surface area contributed by atoms with E-state index in [4.69, 9.17) is 0 Å². The molecular weight excluding hydrogens is 248 g/mol. The molecule has 0 heterocycles. The average Bonchev–Trinajstić information content (AvgIpc) is 2.23. The Morgan fingerprint density at radius 1 is 1.13 bits per heavy atom. The van der Waals surface area contributed by atoms with Gasteiger partial charge < -0.3 is 0 Å². The molecule has 2 atom stereocenters. The highest BCUT2D eigenvalue weighted by Crippen LogP contribution is 2.38. The Balaban J connectivity index is 2.30. The van der Waals surface area contributed by atoms with E-state index in [0.29, 0.717) is 4.83 Å². The standard InChI is InChI=1S/C14H19Br/c1-10-7-8-11(2)13(9-10)12-5-3-4-6-14(12)15/h7-9,12,14H,3-6H2,1-2H3. The summed E-state index contributed by atoms with van der Waals surface area (Å²) in [7, 11) is 0. The van der Waals surface area contributed by atoms with Crippen molar-refractivity contribution in [1.29, 1.82) is 0 Å². The van der Waals surface area contributed by atoms with E-state index >= 15 is 0 Å². The summed E-state index contributed by atoms with van der Waals surface area (Å²) in [6.07, 6.45) is 5.45. The summed E-state index contributed by atoms with van der Waals surface area (Å²) < 4.78 is 0. The van der Waals surface area contributed by atoms with Crippen molar-refractivity contribution in [1.82, 2.24) is 0 Å². The number of hydrogen-bond acceptors (Lipinski definition) is 0. The minimum Gasteiger partial charge on any atom is -0.0884 e. The summed E-state index contributed by atoms with van der Waals surface area (Å²) in [6, 6.07) is 6.85. The molecule has 0 amide bonds. The first-order chi connectivity index (χ1) is 7.18. The number of alkyl halides is 1. The molecule has 1 saturated carbocycles. The monoisotopic (exact) mass is 266 g/mol. The molecular formula is C14H19Br. The van der Waals surface area contributed by atoms with E-state index in [0.717, 1.165) is 5.92 Å². The lowest BCUT2D eigenvalue weighted by molar-refractivity contribution is 0.459. The maximum absolute atomic E-state index is 3.85. The van der Waals surface area contributed by atoms with Crippen LogP contribution in [0.25, 0.3) is 0 Å². The molecule has 0 saturated heterocycles. The summed E-state index contributed by atoms with van der Waals surface area (Å²) in [5, 5.41) is 0. The van der Waals surface area contributed by atoms with Crippen molar-refractivity contribution < 1.29 is 0 Å². The summed E-state index contributed by atoms with van der Waals surface area (Å²) in [5.41, 5.74) is 4.41. The Labute approximate surface area is 101 Å². The van der Waals surface area contributed by atoms with Crippen molar-refractivity contribution in [2.24, 2.45) is 0 Å². The molecule has 0 N–H and O–H groups in total. The second kappa shape index (κ2) is 4.69. The van der Waals surface area contributed by atoms with Crippen LogP contribution in [0.4, 0.5) is 0 Å². The van der Waals surface area contributed by atoms with E-state index in [1.807, 2.05) is 0 Å². The SMILES string of the molecule is Cc1ccc(C)c(C2CCCCC2Br)c1. The summed E-state index contributed by atoms with van der Waals surface area (Å²) in [6.45, 7) is 4.43. The minimum atomic E-state index is 0.687. The van der Waals surface area contributed by atoms with Crippen molar-refractivity contribution in [3.63, 3.8) is 0 Å². The largest absolute Gasteiger partial charge is 0.0884 e. The zero-order chi connectivity index (χ0) is 10.8. The average molecular weight is 267 g/mol. The zero-order valence-corrected chi connectivity index (χ0v) is 11.2. The van der Waals surface area contributed by atoms with E-state index in [1.54, 1.807) is 5.56 Å². The molecule has 0 nitrogen and oxygen atoms in total. The maximum atomic E-state index is 3.85. The molecule has 0 aromatic heterocycles. The molecule has 0 spiro atoms. The molecule has 0 bridgehead atoms. The van der Waals surface area contributed by atoms with Crippen LogP contribution in [0.2, 0.25) is 0 Å². The van der Waals surface area contributed by atoms with Crippen LogP contribution < -0.4 is 0 Å². The Morgan fingerprint density at radius 3 is 2.60 bits per heavy atom. The lowest BCUT2D eigenvalue weighted by Crippen LogP contribution is -2.18. The summed E-state index contributed by atoms with van der Waals surface area (Å²) >= 11 is 3.85. The minimum absolute atomic E-state index is 0.687. The molecule has 82 valence electrons. The fourth-order valence-corrected chi connectivity index (χ4v) is 3.47. The molecule has 1 aliphatic rings. The number of aryl methyl sites for hydroxylation is 2. The number of rotatable bonds is 1. The lowest BCUT2D eigenvalue weighted by Gasteiger charge is -2.29. The van der Waals surface area contributed by atoms with Gasteiger partial charge in [-0.05, 0) is 43.7 Å². The fourth-order valence-electron chi connectivity index (χ4n) is 2.60. The van der Waals surface area contributed by atoms with Gasteiger partial charge in [0.1, 0.15) is 0 Å². The molecule has 2 unspecified atom stereocenters. The van der Waals surface area contributed by atoms with Gasteiger partial charge in [0, 0.05) is 4.83 Å². The third-order valence-corrected chi connectivity index (χ3v) is 4.61. The molecule has 1 heteroatoms. The number of benzene rings is 1. The Morgan fingerprint density at radius 2 is 1.87 bits per heavy atom. The van der Waals surface area contributed by atoms with Crippen LogP contribution in [0.1, 0.15) is 48.3 Å². The van der Waals surface area contributed by atoms with Gasteiger partial charge in [-0.25, -0.2) is 0 Å². The second-order valence-electron chi connectivity index (χ2n) is 4.77. The van der Waals surface area contributed by atoms with Crippen molar-refractivity contribution >= 4 is 15.9 Å². The summed E-state index contributed by atoms with van der Waals surface area (Å²) in [5.74, 6) is 0.735.